The number of hydrogen-bond donors (Lipinski definition) is 3. The van der Waals surface area contributed by atoms with Gasteiger partial charge >= 0.3 is 12.1 Å². The zero-order valence-electron chi connectivity index (χ0n) is 25.4. The van der Waals surface area contributed by atoms with Gasteiger partial charge in [-0.25, -0.2) is 4.79 Å². The predicted molar refractivity (Wildman–Crippen MR) is 153 cm³/mol. The number of rotatable bonds is 15. The SMILES string of the molecule is CCOC(=O)CCNC(=O)C(c1ccc(CC)cc1)N(C(=O)C(CO)NC(=O)OC(C)(C)C)C(C)CCC(C)C. The summed E-state index contributed by atoms with van der Waals surface area (Å²) in [7, 11) is 0. The monoisotopic (exact) mass is 563 g/mol. The number of alkyl carbamates (subject to hydrolysis) is 1. The van der Waals surface area contributed by atoms with Crippen molar-refractivity contribution >= 4 is 23.9 Å². The van der Waals surface area contributed by atoms with E-state index in [0.717, 1.165) is 18.4 Å². The third-order valence-corrected chi connectivity index (χ3v) is 6.23. The van der Waals surface area contributed by atoms with E-state index in [2.05, 4.69) is 24.5 Å². The molecule has 1 aromatic rings. The van der Waals surface area contributed by atoms with Crippen molar-refractivity contribution in [3.8, 4) is 0 Å². The van der Waals surface area contributed by atoms with Crippen LogP contribution in [0.1, 0.15) is 91.8 Å². The third kappa shape index (κ3) is 11.9. The molecule has 1 rings (SSSR count). The van der Waals surface area contributed by atoms with Gasteiger partial charge in [0.05, 0.1) is 19.6 Å². The summed E-state index contributed by atoms with van der Waals surface area (Å²) >= 11 is 0. The van der Waals surface area contributed by atoms with E-state index in [1.807, 2.05) is 26.0 Å². The van der Waals surface area contributed by atoms with Gasteiger partial charge in [0.1, 0.15) is 17.7 Å². The number of amides is 3. The number of benzene rings is 1. The quantitative estimate of drug-likeness (QED) is 0.276. The maximum Gasteiger partial charge on any atom is 0.408 e. The number of ether oxygens (including phenoxy) is 2. The topological polar surface area (TPSA) is 134 Å². The van der Waals surface area contributed by atoms with Crippen LogP contribution >= 0.6 is 0 Å². The van der Waals surface area contributed by atoms with Gasteiger partial charge in [-0.3, -0.25) is 14.4 Å². The molecule has 0 saturated carbocycles. The highest BCUT2D eigenvalue weighted by Crippen LogP contribution is 2.28. The van der Waals surface area contributed by atoms with Gasteiger partial charge in [0.15, 0.2) is 0 Å². The van der Waals surface area contributed by atoms with Crippen molar-refractivity contribution in [3.05, 3.63) is 35.4 Å². The normalized spacial score (nSPS) is 13.7. The molecular formula is C30H49N3O7. The van der Waals surface area contributed by atoms with Gasteiger partial charge in [0, 0.05) is 12.6 Å². The van der Waals surface area contributed by atoms with Crippen LogP contribution in [0, 0.1) is 5.92 Å². The lowest BCUT2D eigenvalue weighted by molar-refractivity contribution is -0.146. The second-order valence-electron chi connectivity index (χ2n) is 11.3. The fourth-order valence-electron chi connectivity index (χ4n) is 4.12. The van der Waals surface area contributed by atoms with Crippen LogP contribution in [0.3, 0.4) is 0 Å². The van der Waals surface area contributed by atoms with Gasteiger partial charge in [-0.1, -0.05) is 45.0 Å². The minimum Gasteiger partial charge on any atom is -0.466 e. The minimum absolute atomic E-state index is 0.0165. The van der Waals surface area contributed by atoms with Crippen LogP contribution in [0.2, 0.25) is 0 Å². The fraction of sp³-hybridized carbons (Fsp3) is 0.667. The first-order valence-electron chi connectivity index (χ1n) is 14.2. The first-order valence-corrected chi connectivity index (χ1v) is 14.2. The molecule has 0 aliphatic rings. The number of aliphatic hydroxyl groups excluding tert-OH is 1. The Morgan fingerprint density at radius 2 is 1.62 bits per heavy atom. The van der Waals surface area contributed by atoms with Crippen molar-refractivity contribution in [2.75, 3.05) is 19.8 Å². The van der Waals surface area contributed by atoms with E-state index in [1.54, 1.807) is 39.8 Å². The van der Waals surface area contributed by atoms with E-state index in [4.69, 9.17) is 9.47 Å². The molecule has 0 fully saturated rings. The molecule has 0 saturated heterocycles. The lowest BCUT2D eigenvalue weighted by Gasteiger charge is -2.38. The fourth-order valence-corrected chi connectivity index (χ4v) is 4.12. The molecule has 0 aliphatic carbocycles. The molecule has 3 N–H and O–H groups in total. The second-order valence-corrected chi connectivity index (χ2v) is 11.3. The molecule has 40 heavy (non-hydrogen) atoms. The van der Waals surface area contributed by atoms with Gasteiger partial charge in [-0.05, 0) is 70.9 Å². The third-order valence-electron chi connectivity index (χ3n) is 6.23. The zero-order valence-corrected chi connectivity index (χ0v) is 25.4. The summed E-state index contributed by atoms with van der Waals surface area (Å²) in [6.45, 7) is 14.4. The number of nitrogens with zero attached hydrogens (tertiary/aromatic N) is 1. The zero-order chi connectivity index (χ0) is 30.5. The van der Waals surface area contributed by atoms with Crippen LogP contribution in [0.15, 0.2) is 24.3 Å². The Kier molecular flexibility index (Phi) is 14.7. The van der Waals surface area contributed by atoms with Crippen LogP contribution in [0.5, 0.6) is 0 Å². The van der Waals surface area contributed by atoms with Gasteiger partial charge in [0.25, 0.3) is 0 Å². The number of aliphatic hydroxyl groups is 1. The summed E-state index contributed by atoms with van der Waals surface area (Å²) in [5.74, 6) is -1.18. The summed E-state index contributed by atoms with van der Waals surface area (Å²) in [5, 5.41) is 15.4. The summed E-state index contributed by atoms with van der Waals surface area (Å²) in [4.78, 5) is 53.5. The van der Waals surface area contributed by atoms with Crippen LogP contribution in [-0.4, -0.2) is 71.3 Å². The highest BCUT2D eigenvalue weighted by molar-refractivity contribution is 5.92. The maximum absolute atomic E-state index is 14.0. The molecule has 226 valence electrons. The van der Waals surface area contributed by atoms with Gasteiger partial charge in [0.2, 0.25) is 11.8 Å². The molecule has 1 aromatic carbocycles. The average Bonchev–Trinajstić information content (AvgIpc) is 2.87. The van der Waals surface area contributed by atoms with Crippen LogP contribution in [0.4, 0.5) is 4.79 Å². The molecular weight excluding hydrogens is 514 g/mol. The first-order chi connectivity index (χ1) is 18.7. The Morgan fingerprint density at radius 1 is 1.00 bits per heavy atom. The largest absolute Gasteiger partial charge is 0.466 e. The Bertz CT molecular complexity index is 957. The smallest absolute Gasteiger partial charge is 0.408 e. The minimum atomic E-state index is -1.33. The molecule has 10 heteroatoms. The number of hydrogen-bond acceptors (Lipinski definition) is 7. The van der Waals surface area contributed by atoms with E-state index < -0.39 is 54.2 Å². The van der Waals surface area contributed by atoms with E-state index in [-0.39, 0.29) is 19.6 Å². The summed E-state index contributed by atoms with van der Waals surface area (Å²) in [5.41, 5.74) is 0.833. The van der Waals surface area contributed by atoms with Crippen molar-refractivity contribution in [3.63, 3.8) is 0 Å². The number of nitrogens with one attached hydrogen (secondary N) is 2. The molecule has 0 aliphatic heterocycles. The van der Waals surface area contributed by atoms with Crippen molar-refractivity contribution in [2.24, 2.45) is 5.92 Å². The number of carbonyl (C=O) groups excluding carboxylic acids is 4. The highest BCUT2D eigenvalue weighted by atomic mass is 16.6. The molecule has 0 bridgehead atoms. The predicted octanol–water partition coefficient (Wildman–Crippen LogP) is 3.90. The second kappa shape index (κ2) is 16.8. The molecule has 0 radical (unpaired) electrons. The lowest BCUT2D eigenvalue weighted by atomic mass is 9.96. The van der Waals surface area contributed by atoms with Gasteiger partial charge < -0.3 is 30.1 Å². The number of aryl methyl sites for hydroxylation is 1. The summed E-state index contributed by atoms with van der Waals surface area (Å²) in [6, 6.07) is 4.59. The molecule has 0 spiro atoms. The Morgan fingerprint density at radius 3 is 2.12 bits per heavy atom. The van der Waals surface area contributed by atoms with Crippen molar-refractivity contribution in [1.29, 1.82) is 0 Å². The van der Waals surface area contributed by atoms with Crippen LogP contribution in [-0.2, 0) is 30.3 Å². The van der Waals surface area contributed by atoms with E-state index in [1.165, 1.54) is 4.90 Å². The Labute approximate surface area is 239 Å². The van der Waals surface area contributed by atoms with Gasteiger partial charge in [-0.2, -0.15) is 0 Å². The van der Waals surface area contributed by atoms with E-state index in [9.17, 15) is 24.3 Å². The van der Waals surface area contributed by atoms with Crippen molar-refractivity contribution < 1.29 is 33.8 Å². The summed E-state index contributed by atoms with van der Waals surface area (Å²) in [6.07, 6.45) is 1.32. The summed E-state index contributed by atoms with van der Waals surface area (Å²) < 4.78 is 10.3. The van der Waals surface area contributed by atoms with Crippen molar-refractivity contribution in [2.45, 2.75) is 105 Å². The molecule has 0 heterocycles. The van der Waals surface area contributed by atoms with Gasteiger partial charge in [-0.15, -0.1) is 0 Å². The molecule has 3 atom stereocenters. The molecule has 0 aromatic heterocycles. The highest BCUT2D eigenvalue weighted by Gasteiger charge is 2.38. The molecule has 10 nitrogen and oxygen atoms in total. The first kappa shape index (κ1) is 34.9. The van der Waals surface area contributed by atoms with E-state index in [0.29, 0.717) is 17.9 Å². The van der Waals surface area contributed by atoms with Crippen LogP contribution in [0.25, 0.3) is 0 Å². The maximum atomic E-state index is 14.0. The number of esters is 1. The standard InChI is InChI=1S/C30H49N3O7/c1-9-22-13-15-23(16-14-22)26(27(36)31-18-17-25(35)39-10-2)33(21(5)12-11-20(3)4)28(37)24(19-34)32-29(38)40-30(6,7)8/h13-16,20-21,24,26,34H,9-12,17-19H2,1-8H3,(H,31,36)(H,32,38). The molecule has 3 amide bonds. The lowest BCUT2D eigenvalue weighted by Crippen LogP contribution is -2.56. The molecule has 3 unspecified atom stereocenters. The van der Waals surface area contributed by atoms with Crippen molar-refractivity contribution in [1.82, 2.24) is 15.5 Å². The Hall–Kier alpha value is -3.14. The number of carbonyl (C=O) groups is 4. The Balaban J connectivity index is 3.48. The average molecular weight is 564 g/mol. The van der Waals surface area contributed by atoms with Crippen LogP contribution < -0.4 is 10.6 Å². The van der Waals surface area contributed by atoms with E-state index >= 15 is 0 Å².